The average Bonchev–Trinajstić information content (AvgIpc) is 3.33. The van der Waals surface area contributed by atoms with Gasteiger partial charge in [-0.2, -0.15) is 0 Å². The fraction of sp³-hybridized carbons (Fsp3) is 0.704. The molecule has 0 amide bonds. The van der Waals surface area contributed by atoms with Crippen molar-refractivity contribution in [1.29, 1.82) is 0 Å². The highest BCUT2D eigenvalue weighted by Gasteiger charge is 2.40. The Hall–Kier alpha value is -2.00. The van der Waals surface area contributed by atoms with Crippen molar-refractivity contribution < 1.29 is 33.3 Å². The lowest BCUT2D eigenvalue weighted by atomic mass is 9.87. The van der Waals surface area contributed by atoms with Gasteiger partial charge < -0.3 is 23.7 Å². The molecule has 0 bridgehead atoms. The summed E-state index contributed by atoms with van der Waals surface area (Å²) in [6, 6.07) is 9.57. The number of nitrogens with zero attached hydrogens (tertiary/aromatic N) is 1. The van der Waals surface area contributed by atoms with Gasteiger partial charge in [-0.1, -0.05) is 30.3 Å². The lowest BCUT2D eigenvalue weighted by Gasteiger charge is -2.37. The van der Waals surface area contributed by atoms with Crippen LogP contribution in [0.15, 0.2) is 30.3 Å². The second-order valence-electron chi connectivity index (χ2n) is 10.3. The molecule has 0 unspecified atom stereocenters. The highest BCUT2D eigenvalue weighted by molar-refractivity contribution is 5.76. The molecule has 2 fully saturated rings. The van der Waals surface area contributed by atoms with Crippen LogP contribution in [0.4, 0.5) is 0 Å². The van der Waals surface area contributed by atoms with E-state index >= 15 is 0 Å². The summed E-state index contributed by atoms with van der Waals surface area (Å²) in [5, 5.41) is 0. The molecule has 1 heterocycles. The number of likely N-dealkylation sites (tertiary alicyclic amines) is 1. The molecular formula is C27H41NO7. The van der Waals surface area contributed by atoms with E-state index in [1.54, 1.807) is 0 Å². The molecule has 1 saturated heterocycles. The molecule has 0 radical (unpaired) electrons. The van der Waals surface area contributed by atoms with E-state index in [2.05, 4.69) is 4.90 Å². The van der Waals surface area contributed by atoms with Crippen LogP contribution in [0.3, 0.4) is 0 Å². The quantitative estimate of drug-likeness (QED) is 0.260. The van der Waals surface area contributed by atoms with Gasteiger partial charge in [-0.15, -0.1) is 0 Å². The molecule has 1 aromatic rings. The van der Waals surface area contributed by atoms with E-state index in [9.17, 15) is 9.59 Å². The lowest BCUT2D eigenvalue weighted by Crippen LogP contribution is -2.50. The van der Waals surface area contributed by atoms with Crippen LogP contribution in [0.1, 0.15) is 64.9 Å². The van der Waals surface area contributed by atoms with Crippen molar-refractivity contribution in [3.8, 4) is 0 Å². The summed E-state index contributed by atoms with van der Waals surface area (Å²) < 4.78 is 28.6. The Balaban J connectivity index is 1.57. The predicted octanol–water partition coefficient (Wildman–Crippen LogP) is 4.06. The van der Waals surface area contributed by atoms with Crippen LogP contribution < -0.4 is 0 Å². The van der Waals surface area contributed by atoms with Crippen molar-refractivity contribution in [3.63, 3.8) is 0 Å². The molecule has 0 spiro atoms. The van der Waals surface area contributed by atoms with E-state index in [0.717, 1.165) is 50.6 Å². The number of hydrogen-bond donors (Lipinski definition) is 0. The zero-order chi connectivity index (χ0) is 25.3. The Labute approximate surface area is 209 Å². The van der Waals surface area contributed by atoms with Crippen LogP contribution in [-0.2, 0) is 39.9 Å². The van der Waals surface area contributed by atoms with E-state index in [0.29, 0.717) is 6.61 Å². The second-order valence-corrected chi connectivity index (χ2v) is 10.3. The van der Waals surface area contributed by atoms with Gasteiger partial charge in [0.2, 0.25) is 0 Å². The fourth-order valence-electron chi connectivity index (χ4n) is 4.73. The number of carbonyl (C=O) groups is 2. The van der Waals surface area contributed by atoms with E-state index in [1.165, 1.54) is 7.11 Å². The zero-order valence-electron chi connectivity index (χ0n) is 21.6. The van der Waals surface area contributed by atoms with Crippen molar-refractivity contribution in [2.45, 2.75) is 89.9 Å². The van der Waals surface area contributed by atoms with Crippen molar-refractivity contribution in [3.05, 3.63) is 35.9 Å². The van der Waals surface area contributed by atoms with Gasteiger partial charge >= 0.3 is 11.9 Å². The number of ether oxygens (including phenoxy) is 5. The highest BCUT2D eigenvalue weighted by atomic mass is 16.7. The summed E-state index contributed by atoms with van der Waals surface area (Å²) >= 11 is 0. The largest absolute Gasteiger partial charge is 0.469 e. The van der Waals surface area contributed by atoms with Crippen LogP contribution in [0.25, 0.3) is 0 Å². The van der Waals surface area contributed by atoms with Gasteiger partial charge in [-0.05, 0) is 64.9 Å². The zero-order valence-corrected chi connectivity index (χ0v) is 21.6. The van der Waals surface area contributed by atoms with Crippen molar-refractivity contribution in [1.82, 2.24) is 4.90 Å². The highest BCUT2D eigenvalue weighted by Crippen LogP contribution is 2.30. The third-order valence-corrected chi connectivity index (χ3v) is 6.44. The third kappa shape index (κ3) is 8.86. The first-order chi connectivity index (χ1) is 16.8. The maximum absolute atomic E-state index is 12.9. The fourth-order valence-corrected chi connectivity index (χ4v) is 4.73. The number of benzene rings is 1. The van der Waals surface area contributed by atoms with E-state index in [4.69, 9.17) is 23.7 Å². The third-order valence-electron chi connectivity index (χ3n) is 6.44. The summed E-state index contributed by atoms with van der Waals surface area (Å²) in [4.78, 5) is 26.9. The van der Waals surface area contributed by atoms with Crippen molar-refractivity contribution in [2.24, 2.45) is 5.92 Å². The molecule has 1 saturated carbocycles. The number of methoxy groups -OCH3 is 1. The van der Waals surface area contributed by atoms with Crippen LogP contribution >= 0.6 is 0 Å². The SMILES string of the molecule is COC(=O)C1CCC(O[C@@H](COCOCc2ccccc2)N2CCC[C@H]2C(=O)OC(C)(C)C)CC1. The molecule has 0 N–H and O–H groups in total. The molecule has 196 valence electrons. The van der Waals surface area contributed by atoms with E-state index in [-0.39, 0.29) is 43.4 Å². The molecule has 1 aliphatic heterocycles. The average molecular weight is 492 g/mol. The number of carbonyl (C=O) groups excluding carboxylic acids is 2. The summed E-state index contributed by atoms with van der Waals surface area (Å²) in [6.45, 7) is 7.26. The van der Waals surface area contributed by atoms with Gasteiger partial charge in [-0.3, -0.25) is 14.5 Å². The molecule has 35 heavy (non-hydrogen) atoms. The van der Waals surface area contributed by atoms with Crippen LogP contribution in [-0.4, -0.2) is 67.9 Å². The Morgan fingerprint density at radius 2 is 1.71 bits per heavy atom. The van der Waals surface area contributed by atoms with Crippen LogP contribution in [0, 0.1) is 5.92 Å². The first-order valence-electron chi connectivity index (χ1n) is 12.7. The molecule has 3 rings (SSSR count). The molecule has 0 aromatic heterocycles. The first-order valence-corrected chi connectivity index (χ1v) is 12.7. The molecule has 8 heteroatoms. The molecule has 1 aromatic carbocycles. The predicted molar refractivity (Wildman–Crippen MR) is 130 cm³/mol. The summed E-state index contributed by atoms with van der Waals surface area (Å²) in [7, 11) is 1.43. The minimum Gasteiger partial charge on any atom is -0.469 e. The molecule has 2 aliphatic rings. The second kappa shape index (κ2) is 13.3. The number of esters is 2. The van der Waals surface area contributed by atoms with Gasteiger partial charge in [-0.25, -0.2) is 0 Å². The Morgan fingerprint density at radius 3 is 2.37 bits per heavy atom. The first kappa shape index (κ1) is 27.6. The van der Waals surface area contributed by atoms with Gasteiger partial charge in [0, 0.05) is 6.54 Å². The van der Waals surface area contributed by atoms with Gasteiger partial charge in [0.15, 0.2) is 0 Å². The van der Waals surface area contributed by atoms with E-state index in [1.807, 2.05) is 51.1 Å². The monoisotopic (exact) mass is 491 g/mol. The molecule has 2 atom stereocenters. The summed E-state index contributed by atoms with van der Waals surface area (Å²) in [5.74, 6) is -0.441. The van der Waals surface area contributed by atoms with Crippen molar-refractivity contribution in [2.75, 3.05) is 27.1 Å². The Morgan fingerprint density at radius 1 is 1.00 bits per heavy atom. The van der Waals surface area contributed by atoms with Crippen molar-refractivity contribution >= 4 is 11.9 Å². The maximum atomic E-state index is 12.9. The van der Waals surface area contributed by atoms with Gasteiger partial charge in [0.25, 0.3) is 0 Å². The summed E-state index contributed by atoms with van der Waals surface area (Å²) in [5.41, 5.74) is 0.534. The van der Waals surface area contributed by atoms with Crippen LogP contribution in [0.5, 0.6) is 0 Å². The number of rotatable bonds is 11. The normalized spacial score (nSPS) is 24.2. The maximum Gasteiger partial charge on any atom is 0.323 e. The van der Waals surface area contributed by atoms with Gasteiger partial charge in [0.05, 0.1) is 32.3 Å². The lowest BCUT2D eigenvalue weighted by molar-refractivity contribution is -0.185. The molecule has 8 nitrogen and oxygen atoms in total. The van der Waals surface area contributed by atoms with E-state index < -0.39 is 11.8 Å². The summed E-state index contributed by atoms with van der Waals surface area (Å²) in [6.07, 6.45) is 4.24. The molecular weight excluding hydrogens is 450 g/mol. The van der Waals surface area contributed by atoms with Gasteiger partial charge in [0.1, 0.15) is 24.7 Å². The standard InChI is InChI=1S/C27H41NO7/c1-27(2,3)35-26(30)23-11-8-16-28(23)24(18-33-19-32-17-20-9-6-5-7-10-20)34-22-14-12-21(13-15-22)25(29)31-4/h5-7,9-10,21-24H,8,11-19H2,1-4H3/t21?,22?,23-,24-/m0/s1. The van der Waals surface area contributed by atoms with Crippen LogP contribution in [0.2, 0.25) is 0 Å². The minimum absolute atomic E-state index is 0.00497. The Bertz CT molecular complexity index is 786. The minimum atomic E-state index is -0.546. The molecule has 1 aliphatic carbocycles. The number of hydrogen-bond acceptors (Lipinski definition) is 8. The topological polar surface area (TPSA) is 83.5 Å². The Kier molecular flexibility index (Phi) is 10.5. The smallest absolute Gasteiger partial charge is 0.323 e.